The Hall–Kier alpha value is -0.660. The topological polar surface area (TPSA) is 50.7 Å². The van der Waals surface area contributed by atoms with Crippen LogP contribution in [0.4, 0.5) is 5.82 Å². The summed E-state index contributed by atoms with van der Waals surface area (Å²) in [6.07, 6.45) is 3.23. The summed E-state index contributed by atoms with van der Waals surface area (Å²) in [5.74, 6) is 1.21. The van der Waals surface area contributed by atoms with Gasteiger partial charge in [-0.15, -0.1) is 0 Å². The van der Waals surface area contributed by atoms with E-state index in [1.54, 1.807) is 19.3 Å². The van der Waals surface area contributed by atoms with Crippen molar-refractivity contribution in [2.75, 3.05) is 12.4 Å². The first-order valence-corrected chi connectivity index (χ1v) is 6.47. The summed E-state index contributed by atoms with van der Waals surface area (Å²) >= 11 is 14.0. The van der Waals surface area contributed by atoms with Crippen LogP contribution < -0.4 is 5.32 Å². The molecule has 0 aliphatic rings. The van der Waals surface area contributed by atoms with Crippen molar-refractivity contribution in [1.29, 1.82) is 0 Å². The lowest BCUT2D eigenvalue weighted by molar-refractivity contribution is 1.12. The fraction of sp³-hybridized carbons (Fsp3) is 0.100. The third-order valence-electron chi connectivity index (χ3n) is 2.00. The molecule has 0 saturated carbocycles. The van der Waals surface area contributed by atoms with E-state index in [1.807, 2.05) is 0 Å². The van der Waals surface area contributed by atoms with Gasteiger partial charge in [0.2, 0.25) is 0 Å². The van der Waals surface area contributed by atoms with Gasteiger partial charge in [-0.1, -0.05) is 23.2 Å². The molecule has 2 aromatic rings. The molecule has 1 N–H and O–H groups in total. The first-order valence-electron chi connectivity index (χ1n) is 4.63. The van der Waals surface area contributed by atoms with Gasteiger partial charge in [-0.05, 0) is 28.7 Å². The molecule has 7 heteroatoms. The van der Waals surface area contributed by atoms with Crippen molar-refractivity contribution in [2.45, 2.75) is 0 Å². The van der Waals surface area contributed by atoms with Gasteiger partial charge in [0.25, 0.3) is 0 Å². The Morgan fingerprint density at radius 3 is 2.65 bits per heavy atom. The van der Waals surface area contributed by atoms with Gasteiger partial charge in [-0.2, -0.15) is 0 Å². The van der Waals surface area contributed by atoms with E-state index >= 15 is 0 Å². The molecule has 2 rings (SSSR count). The molecule has 17 heavy (non-hydrogen) atoms. The lowest BCUT2D eigenvalue weighted by Gasteiger charge is -2.06. The number of nitrogens with one attached hydrogen (secondary N) is 1. The monoisotopic (exact) mass is 380 g/mol. The minimum Gasteiger partial charge on any atom is -0.372 e. The highest BCUT2D eigenvalue weighted by Crippen LogP contribution is 2.26. The van der Waals surface area contributed by atoms with Crippen LogP contribution in [-0.4, -0.2) is 22.0 Å². The Bertz CT molecular complexity index is 562. The molecular formula is C10H7Cl2IN4. The van der Waals surface area contributed by atoms with Crippen LogP contribution in [0.2, 0.25) is 10.0 Å². The Morgan fingerprint density at radius 1 is 1.24 bits per heavy atom. The van der Waals surface area contributed by atoms with Crippen molar-refractivity contribution in [3.8, 4) is 11.5 Å². The second-order valence-electron chi connectivity index (χ2n) is 3.12. The van der Waals surface area contributed by atoms with Gasteiger partial charge in [0.1, 0.15) is 11.5 Å². The fourth-order valence-corrected chi connectivity index (χ4v) is 2.23. The second-order valence-corrected chi connectivity index (χ2v) is 5.13. The summed E-state index contributed by atoms with van der Waals surface area (Å²) < 4.78 is 0.930. The highest BCUT2D eigenvalue weighted by molar-refractivity contribution is 14.1. The summed E-state index contributed by atoms with van der Waals surface area (Å²) in [6, 6.07) is 1.62. The zero-order chi connectivity index (χ0) is 12.4. The van der Waals surface area contributed by atoms with Gasteiger partial charge in [-0.3, -0.25) is 0 Å². The molecule has 0 saturated heterocycles. The Kier molecular flexibility index (Phi) is 4.01. The smallest absolute Gasteiger partial charge is 0.181 e. The zero-order valence-corrected chi connectivity index (χ0v) is 12.4. The second kappa shape index (κ2) is 5.32. The average Bonchev–Trinajstić information content (AvgIpc) is 2.30. The number of rotatable bonds is 2. The predicted molar refractivity (Wildman–Crippen MR) is 77.5 cm³/mol. The molecule has 4 nitrogen and oxygen atoms in total. The molecule has 0 unspecified atom stereocenters. The van der Waals surface area contributed by atoms with E-state index < -0.39 is 0 Å². The van der Waals surface area contributed by atoms with Crippen molar-refractivity contribution in [2.24, 2.45) is 0 Å². The maximum atomic E-state index is 6.05. The number of halogens is 3. The molecule has 2 heterocycles. The van der Waals surface area contributed by atoms with Gasteiger partial charge < -0.3 is 5.32 Å². The van der Waals surface area contributed by atoms with Crippen LogP contribution in [0.3, 0.4) is 0 Å². The Balaban J connectivity index is 2.53. The van der Waals surface area contributed by atoms with Gasteiger partial charge in [0, 0.05) is 19.4 Å². The van der Waals surface area contributed by atoms with Crippen LogP contribution in [0.25, 0.3) is 11.5 Å². The molecule has 0 atom stereocenters. The summed E-state index contributed by atoms with van der Waals surface area (Å²) in [7, 11) is 1.80. The van der Waals surface area contributed by atoms with E-state index in [9.17, 15) is 0 Å². The number of hydrogen-bond donors (Lipinski definition) is 1. The number of anilines is 1. The fourth-order valence-electron chi connectivity index (χ4n) is 1.24. The van der Waals surface area contributed by atoms with E-state index in [0.717, 1.165) is 9.39 Å². The Labute approximate surface area is 122 Å². The Morgan fingerprint density at radius 2 is 2.00 bits per heavy atom. The third-order valence-corrected chi connectivity index (χ3v) is 3.28. The predicted octanol–water partition coefficient (Wildman–Crippen LogP) is 3.49. The van der Waals surface area contributed by atoms with Crippen LogP contribution in [0.1, 0.15) is 0 Å². The summed E-state index contributed by atoms with van der Waals surface area (Å²) in [4.78, 5) is 12.7. The van der Waals surface area contributed by atoms with E-state index in [-0.39, 0.29) is 0 Å². The van der Waals surface area contributed by atoms with Gasteiger partial charge >= 0.3 is 0 Å². The molecule has 0 bridgehead atoms. The highest BCUT2D eigenvalue weighted by Gasteiger charge is 2.11. The molecule has 0 spiro atoms. The van der Waals surface area contributed by atoms with Crippen molar-refractivity contribution < 1.29 is 0 Å². The molecule has 0 aliphatic heterocycles. The molecular weight excluding hydrogens is 374 g/mol. The number of hydrogen-bond acceptors (Lipinski definition) is 4. The van der Waals surface area contributed by atoms with Crippen LogP contribution >= 0.6 is 45.8 Å². The first kappa shape index (κ1) is 12.8. The lowest BCUT2D eigenvalue weighted by Crippen LogP contribution is -2.00. The standard InChI is InChI=1S/C10H7Cl2IN4/c1-14-9-7(13)4-16-10(17-9)8-6(12)2-5(11)3-15-8/h2-4H,1H3,(H,14,16,17). The normalized spacial score (nSPS) is 10.4. The maximum absolute atomic E-state index is 6.05. The van der Waals surface area contributed by atoms with E-state index in [0.29, 0.717) is 21.6 Å². The SMILES string of the molecule is CNc1nc(-c2ncc(Cl)cc2Cl)ncc1I. The quantitative estimate of drug-likeness (QED) is 0.810. The van der Waals surface area contributed by atoms with E-state index in [2.05, 4.69) is 42.9 Å². The number of nitrogens with zero attached hydrogens (tertiary/aromatic N) is 3. The number of pyridine rings is 1. The van der Waals surface area contributed by atoms with Crippen molar-refractivity contribution in [3.05, 3.63) is 32.1 Å². The molecule has 2 aromatic heterocycles. The van der Waals surface area contributed by atoms with Crippen molar-refractivity contribution in [1.82, 2.24) is 15.0 Å². The van der Waals surface area contributed by atoms with Crippen LogP contribution in [0.15, 0.2) is 18.5 Å². The molecule has 0 radical (unpaired) electrons. The first-order chi connectivity index (χ1) is 8.11. The van der Waals surface area contributed by atoms with Gasteiger partial charge in [0.05, 0.1) is 13.6 Å². The molecule has 88 valence electrons. The van der Waals surface area contributed by atoms with Crippen molar-refractivity contribution >= 4 is 51.6 Å². The van der Waals surface area contributed by atoms with E-state index in [4.69, 9.17) is 23.2 Å². The molecule has 0 aliphatic carbocycles. The number of aromatic nitrogens is 3. The minimum absolute atomic E-state index is 0.431. The summed E-state index contributed by atoms with van der Waals surface area (Å²) in [5.41, 5.74) is 0.518. The van der Waals surface area contributed by atoms with Gasteiger partial charge in [0.15, 0.2) is 5.82 Å². The van der Waals surface area contributed by atoms with E-state index in [1.165, 1.54) is 6.20 Å². The molecule has 0 amide bonds. The van der Waals surface area contributed by atoms with Crippen molar-refractivity contribution in [3.63, 3.8) is 0 Å². The zero-order valence-electron chi connectivity index (χ0n) is 8.71. The largest absolute Gasteiger partial charge is 0.372 e. The summed E-state index contributed by atoms with van der Waals surface area (Å²) in [5, 5.41) is 3.90. The lowest BCUT2D eigenvalue weighted by atomic mass is 10.3. The van der Waals surface area contributed by atoms with Crippen LogP contribution in [0, 0.1) is 3.57 Å². The minimum atomic E-state index is 0.431. The van der Waals surface area contributed by atoms with Crippen LogP contribution in [-0.2, 0) is 0 Å². The van der Waals surface area contributed by atoms with Crippen LogP contribution in [0.5, 0.6) is 0 Å². The average molecular weight is 381 g/mol. The molecule has 0 fully saturated rings. The third kappa shape index (κ3) is 2.78. The highest BCUT2D eigenvalue weighted by atomic mass is 127. The molecule has 0 aromatic carbocycles. The maximum Gasteiger partial charge on any atom is 0.181 e. The summed E-state index contributed by atoms with van der Waals surface area (Å²) in [6.45, 7) is 0. The van der Waals surface area contributed by atoms with Gasteiger partial charge in [-0.25, -0.2) is 15.0 Å².